The van der Waals surface area contributed by atoms with Crippen molar-refractivity contribution in [1.82, 2.24) is 4.72 Å². The van der Waals surface area contributed by atoms with Crippen molar-refractivity contribution < 1.29 is 17.9 Å². The first-order chi connectivity index (χ1) is 14.4. The maximum absolute atomic E-state index is 13.0. The second-order valence-electron chi connectivity index (χ2n) is 6.54. The van der Waals surface area contributed by atoms with Gasteiger partial charge in [0.15, 0.2) is 0 Å². The first kappa shape index (κ1) is 21.8. The summed E-state index contributed by atoms with van der Waals surface area (Å²) in [6.07, 6.45) is 0.184. The van der Waals surface area contributed by atoms with Gasteiger partial charge in [-0.05, 0) is 48.4 Å². The maximum Gasteiger partial charge on any atom is 0.242 e. The minimum absolute atomic E-state index is 0.0270. The molecule has 0 saturated carbocycles. The molecular formula is C22H21ClN2O4S. The SMILES string of the molecule is COc1cccc(NC(=O)[C@@H](Cc2ccccc2)NS(=O)(=O)c2ccc(Cl)cc2)c1. The molecule has 3 aromatic rings. The fraction of sp³-hybridized carbons (Fsp3) is 0.136. The van der Waals surface area contributed by atoms with E-state index in [4.69, 9.17) is 16.3 Å². The highest BCUT2D eigenvalue weighted by Crippen LogP contribution is 2.19. The van der Waals surface area contributed by atoms with Crippen LogP contribution in [0.2, 0.25) is 5.02 Å². The predicted octanol–water partition coefficient (Wildman–Crippen LogP) is 3.88. The van der Waals surface area contributed by atoms with Crippen LogP contribution in [0.5, 0.6) is 5.75 Å². The lowest BCUT2D eigenvalue weighted by molar-refractivity contribution is -0.117. The van der Waals surface area contributed by atoms with E-state index in [1.165, 1.54) is 31.4 Å². The van der Waals surface area contributed by atoms with Crippen molar-refractivity contribution in [2.45, 2.75) is 17.4 Å². The Labute approximate surface area is 180 Å². The lowest BCUT2D eigenvalue weighted by atomic mass is 10.1. The Kier molecular flexibility index (Phi) is 7.10. The van der Waals surface area contributed by atoms with E-state index in [-0.39, 0.29) is 11.3 Å². The van der Waals surface area contributed by atoms with Gasteiger partial charge in [-0.25, -0.2) is 8.42 Å². The van der Waals surface area contributed by atoms with Crippen LogP contribution in [0.1, 0.15) is 5.56 Å². The van der Waals surface area contributed by atoms with Gasteiger partial charge in [-0.2, -0.15) is 4.72 Å². The Bertz CT molecular complexity index is 1100. The summed E-state index contributed by atoms with van der Waals surface area (Å²) in [5.74, 6) is 0.0961. The van der Waals surface area contributed by atoms with E-state index < -0.39 is 22.0 Å². The van der Waals surface area contributed by atoms with Gasteiger partial charge in [0.25, 0.3) is 0 Å². The monoisotopic (exact) mass is 444 g/mol. The quantitative estimate of drug-likeness (QED) is 0.552. The number of methoxy groups -OCH3 is 1. The van der Waals surface area contributed by atoms with Crippen molar-refractivity contribution in [1.29, 1.82) is 0 Å². The van der Waals surface area contributed by atoms with Crippen molar-refractivity contribution in [2.24, 2.45) is 0 Å². The van der Waals surface area contributed by atoms with Crippen LogP contribution in [0.15, 0.2) is 83.8 Å². The van der Waals surface area contributed by atoms with Gasteiger partial charge in [0.2, 0.25) is 15.9 Å². The minimum Gasteiger partial charge on any atom is -0.497 e. The predicted molar refractivity (Wildman–Crippen MR) is 117 cm³/mol. The van der Waals surface area contributed by atoms with Crippen molar-refractivity contribution in [3.8, 4) is 5.75 Å². The van der Waals surface area contributed by atoms with Gasteiger partial charge in [0.1, 0.15) is 11.8 Å². The van der Waals surface area contributed by atoms with Crippen molar-refractivity contribution in [2.75, 3.05) is 12.4 Å². The summed E-state index contributed by atoms with van der Waals surface area (Å²) in [6.45, 7) is 0. The van der Waals surface area contributed by atoms with Crippen LogP contribution in [0.25, 0.3) is 0 Å². The molecule has 0 saturated heterocycles. The number of hydrogen-bond acceptors (Lipinski definition) is 4. The number of carbonyl (C=O) groups excluding carboxylic acids is 1. The zero-order valence-electron chi connectivity index (χ0n) is 16.2. The third-order valence-electron chi connectivity index (χ3n) is 4.36. The Hall–Kier alpha value is -2.87. The number of hydrogen-bond donors (Lipinski definition) is 2. The summed E-state index contributed by atoms with van der Waals surface area (Å²) < 4.78 is 33.4. The van der Waals surface area contributed by atoms with Gasteiger partial charge < -0.3 is 10.1 Å². The normalized spacial score (nSPS) is 12.2. The van der Waals surface area contributed by atoms with Crippen LogP contribution in [-0.2, 0) is 21.2 Å². The van der Waals surface area contributed by atoms with Gasteiger partial charge in [-0.1, -0.05) is 48.0 Å². The molecular weight excluding hydrogens is 424 g/mol. The Morgan fingerprint density at radius 3 is 2.37 bits per heavy atom. The second kappa shape index (κ2) is 9.75. The first-order valence-corrected chi connectivity index (χ1v) is 11.0. The van der Waals surface area contributed by atoms with E-state index in [1.807, 2.05) is 30.3 Å². The van der Waals surface area contributed by atoms with Gasteiger partial charge in [-0.3, -0.25) is 4.79 Å². The average Bonchev–Trinajstić information content (AvgIpc) is 2.74. The van der Waals surface area contributed by atoms with Gasteiger partial charge in [0, 0.05) is 16.8 Å². The molecule has 1 atom stereocenters. The van der Waals surface area contributed by atoms with Crippen LogP contribution in [0.4, 0.5) is 5.69 Å². The zero-order valence-corrected chi connectivity index (χ0v) is 17.8. The topological polar surface area (TPSA) is 84.5 Å². The molecule has 2 N–H and O–H groups in total. The number of anilines is 1. The summed E-state index contributed by atoms with van der Waals surface area (Å²) in [5, 5.41) is 3.17. The van der Waals surface area contributed by atoms with Gasteiger partial charge in [-0.15, -0.1) is 0 Å². The minimum atomic E-state index is -3.94. The molecule has 0 aliphatic carbocycles. The van der Waals surface area contributed by atoms with Crippen LogP contribution in [0, 0.1) is 0 Å². The molecule has 0 radical (unpaired) electrons. The molecule has 156 valence electrons. The number of nitrogens with one attached hydrogen (secondary N) is 2. The van der Waals surface area contributed by atoms with Gasteiger partial charge >= 0.3 is 0 Å². The molecule has 0 heterocycles. The second-order valence-corrected chi connectivity index (χ2v) is 8.69. The lowest BCUT2D eigenvalue weighted by Crippen LogP contribution is -2.45. The first-order valence-electron chi connectivity index (χ1n) is 9.14. The summed E-state index contributed by atoms with van der Waals surface area (Å²) >= 11 is 5.85. The fourth-order valence-corrected chi connectivity index (χ4v) is 4.16. The van der Waals surface area contributed by atoms with Crippen molar-refractivity contribution >= 4 is 33.2 Å². The molecule has 3 aromatic carbocycles. The highest BCUT2D eigenvalue weighted by molar-refractivity contribution is 7.89. The third-order valence-corrected chi connectivity index (χ3v) is 6.10. The molecule has 30 heavy (non-hydrogen) atoms. The molecule has 3 rings (SSSR count). The molecule has 0 unspecified atom stereocenters. The number of sulfonamides is 1. The number of rotatable bonds is 8. The third kappa shape index (κ3) is 5.82. The van der Waals surface area contributed by atoms with Crippen molar-refractivity contribution in [3.63, 3.8) is 0 Å². The van der Waals surface area contributed by atoms with E-state index in [0.717, 1.165) is 5.56 Å². The van der Waals surface area contributed by atoms with E-state index >= 15 is 0 Å². The molecule has 6 nitrogen and oxygen atoms in total. The molecule has 0 aromatic heterocycles. The largest absolute Gasteiger partial charge is 0.497 e. The molecule has 8 heteroatoms. The number of amides is 1. The Morgan fingerprint density at radius 2 is 1.70 bits per heavy atom. The number of benzene rings is 3. The van der Waals surface area contributed by atoms with E-state index in [0.29, 0.717) is 16.5 Å². The summed E-state index contributed by atoms with van der Waals surface area (Å²) in [5.41, 5.74) is 1.32. The van der Waals surface area contributed by atoms with Crippen LogP contribution in [-0.4, -0.2) is 27.5 Å². The zero-order chi connectivity index (χ0) is 21.6. The summed E-state index contributed by atoms with van der Waals surface area (Å²) in [7, 11) is -2.41. The molecule has 0 bridgehead atoms. The Morgan fingerprint density at radius 1 is 1.00 bits per heavy atom. The van der Waals surface area contributed by atoms with E-state index in [9.17, 15) is 13.2 Å². The Balaban J connectivity index is 1.85. The van der Waals surface area contributed by atoms with Crippen molar-refractivity contribution in [3.05, 3.63) is 89.4 Å². The highest BCUT2D eigenvalue weighted by atomic mass is 35.5. The smallest absolute Gasteiger partial charge is 0.242 e. The van der Waals surface area contributed by atoms with Crippen LogP contribution in [0.3, 0.4) is 0 Å². The van der Waals surface area contributed by atoms with E-state index in [2.05, 4.69) is 10.0 Å². The maximum atomic E-state index is 13.0. The lowest BCUT2D eigenvalue weighted by Gasteiger charge is -2.19. The standard InChI is InChI=1S/C22H21ClN2O4S/c1-29-19-9-5-8-18(15-19)24-22(26)21(14-16-6-3-2-4-7-16)25-30(27,28)20-12-10-17(23)11-13-20/h2-13,15,21,25H,14H2,1H3,(H,24,26)/t21-/m1/s1. The summed E-state index contributed by atoms with van der Waals surface area (Å²) in [4.78, 5) is 13.0. The van der Waals surface area contributed by atoms with Crippen LogP contribution >= 0.6 is 11.6 Å². The average molecular weight is 445 g/mol. The number of ether oxygens (including phenoxy) is 1. The number of carbonyl (C=O) groups is 1. The highest BCUT2D eigenvalue weighted by Gasteiger charge is 2.26. The molecule has 0 aliphatic heterocycles. The van der Waals surface area contributed by atoms with Crippen LogP contribution < -0.4 is 14.8 Å². The molecule has 0 aliphatic rings. The fourth-order valence-electron chi connectivity index (χ4n) is 2.84. The molecule has 0 fully saturated rings. The number of halogens is 1. The molecule has 1 amide bonds. The van der Waals surface area contributed by atoms with Gasteiger partial charge in [0.05, 0.1) is 12.0 Å². The van der Waals surface area contributed by atoms with E-state index in [1.54, 1.807) is 24.3 Å². The summed E-state index contributed by atoms with van der Waals surface area (Å²) in [6, 6.07) is 20.8. The molecule has 0 spiro atoms.